The Kier molecular flexibility index (Phi) is 40.2. The molecule has 0 saturated carbocycles. The van der Waals surface area contributed by atoms with Crippen LogP contribution in [0, 0.1) is 0 Å². The van der Waals surface area contributed by atoms with Crippen molar-refractivity contribution in [3.63, 3.8) is 0 Å². The largest absolute Gasteiger partial charge is 0.756 e. The summed E-state index contributed by atoms with van der Waals surface area (Å²) >= 11 is 0. The summed E-state index contributed by atoms with van der Waals surface area (Å²) in [5.74, 6) is -0.193. The van der Waals surface area contributed by atoms with Crippen LogP contribution < -0.4 is 10.2 Å². The van der Waals surface area contributed by atoms with Gasteiger partial charge in [-0.15, -0.1) is 0 Å². The van der Waals surface area contributed by atoms with Crippen LogP contribution in [0.15, 0.2) is 36.5 Å². The normalized spacial score (nSPS) is 14.5. The second-order valence-corrected chi connectivity index (χ2v) is 19.2. The van der Waals surface area contributed by atoms with Crippen molar-refractivity contribution in [2.45, 2.75) is 231 Å². The lowest BCUT2D eigenvalue weighted by atomic mass is 10.0. The number of allylic oxidation sites excluding steroid dienone is 6. The van der Waals surface area contributed by atoms with E-state index < -0.39 is 20.0 Å². The first-order chi connectivity index (χ1) is 28.0. The predicted octanol–water partition coefficient (Wildman–Crippen LogP) is 13.2. The number of hydrogen-bond acceptors (Lipinski definition) is 6. The van der Waals surface area contributed by atoms with Crippen LogP contribution in [0.5, 0.6) is 0 Å². The fourth-order valence-electron chi connectivity index (χ4n) is 7.05. The topological polar surface area (TPSA) is 108 Å². The number of hydrogen-bond donors (Lipinski definition) is 2. The molecule has 0 radical (unpaired) electrons. The number of likely N-dealkylation sites (N-methyl/N-ethyl adjacent to an activating group) is 1. The minimum Gasteiger partial charge on any atom is -0.756 e. The van der Waals surface area contributed by atoms with Crippen LogP contribution in [-0.2, 0) is 18.4 Å². The number of unbranched alkanes of at least 4 members (excludes halogenated alkanes) is 25. The van der Waals surface area contributed by atoms with Crippen molar-refractivity contribution >= 4 is 13.7 Å². The van der Waals surface area contributed by atoms with Crippen LogP contribution in [0.2, 0.25) is 0 Å². The van der Waals surface area contributed by atoms with Crippen molar-refractivity contribution in [2.75, 3.05) is 40.9 Å². The van der Waals surface area contributed by atoms with E-state index in [-0.39, 0.29) is 19.1 Å². The third-order valence-corrected chi connectivity index (χ3v) is 11.9. The highest BCUT2D eigenvalue weighted by Crippen LogP contribution is 2.38. The van der Waals surface area contributed by atoms with Gasteiger partial charge in [0.15, 0.2) is 0 Å². The van der Waals surface area contributed by atoms with Crippen LogP contribution in [0.4, 0.5) is 0 Å². The zero-order valence-corrected chi connectivity index (χ0v) is 39.6. The summed E-state index contributed by atoms with van der Waals surface area (Å²) in [7, 11) is 1.28. The average molecular weight is 839 g/mol. The summed E-state index contributed by atoms with van der Waals surface area (Å²) < 4.78 is 23.3. The van der Waals surface area contributed by atoms with Crippen molar-refractivity contribution in [2.24, 2.45) is 0 Å². The van der Waals surface area contributed by atoms with Gasteiger partial charge in [-0.3, -0.25) is 9.36 Å². The molecule has 0 heterocycles. The number of nitrogens with zero attached hydrogens (tertiary/aromatic N) is 1. The molecule has 0 aliphatic heterocycles. The van der Waals surface area contributed by atoms with Gasteiger partial charge < -0.3 is 28.8 Å². The molecule has 0 aliphatic carbocycles. The number of quaternary nitrogens is 1. The maximum atomic E-state index is 12.9. The third kappa shape index (κ3) is 42.8. The maximum absolute atomic E-state index is 12.9. The van der Waals surface area contributed by atoms with E-state index in [2.05, 4.69) is 55.6 Å². The number of phosphoric ester groups is 1. The minimum atomic E-state index is -4.57. The van der Waals surface area contributed by atoms with E-state index >= 15 is 0 Å². The van der Waals surface area contributed by atoms with E-state index in [0.29, 0.717) is 23.9 Å². The Hall–Kier alpha value is -1.28. The van der Waals surface area contributed by atoms with E-state index in [4.69, 9.17) is 9.05 Å². The van der Waals surface area contributed by atoms with Crippen LogP contribution in [0.25, 0.3) is 0 Å². The number of nitrogens with one attached hydrogen (secondary N) is 1. The van der Waals surface area contributed by atoms with Gasteiger partial charge in [0.1, 0.15) is 13.2 Å². The molecule has 0 spiro atoms. The molecular formula is C49H95N2O6P. The zero-order chi connectivity index (χ0) is 42.8. The molecule has 8 nitrogen and oxygen atoms in total. The Morgan fingerprint density at radius 3 is 1.52 bits per heavy atom. The van der Waals surface area contributed by atoms with E-state index in [0.717, 1.165) is 64.2 Å². The molecular weight excluding hydrogens is 744 g/mol. The minimum absolute atomic E-state index is 0.00585. The van der Waals surface area contributed by atoms with Crippen LogP contribution in [-0.4, -0.2) is 68.5 Å². The molecule has 0 fully saturated rings. The molecule has 0 saturated heterocycles. The number of carbonyl (C=O) groups excluding carboxylic acids is 1. The lowest BCUT2D eigenvalue weighted by Gasteiger charge is -2.30. The Morgan fingerprint density at radius 1 is 0.621 bits per heavy atom. The summed E-state index contributed by atoms with van der Waals surface area (Å²) in [6, 6.07) is -0.815. The highest BCUT2D eigenvalue weighted by Gasteiger charge is 2.24. The first-order valence-corrected chi connectivity index (χ1v) is 25.8. The smallest absolute Gasteiger partial charge is 0.268 e. The van der Waals surface area contributed by atoms with E-state index in [1.54, 1.807) is 0 Å². The second kappa shape index (κ2) is 41.1. The van der Waals surface area contributed by atoms with E-state index in [9.17, 15) is 19.4 Å². The first-order valence-electron chi connectivity index (χ1n) is 24.3. The standard InChI is InChI=1S/C49H95N2O6P/c1-6-8-10-12-14-16-18-20-21-22-23-24-25-26-27-28-29-31-32-34-36-38-40-42-48(52)47(46-57-58(54,55)56-45-44-51(3,4)5)50-49(53)43-41-39-37-35-33-30-19-17-15-13-11-9-7-2/h9,11,15,17,30,33,47-48,52H,6-8,10,12-14,16,18-29,31-32,34-46H2,1-5H3,(H-,50,53,54,55)/b11-9-,17-15-,33-30-. The predicted molar refractivity (Wildman–Crippen MR) is 247 cm³/mol. The molecule has 2 N–H and O–H groups in total. The number of carbonyl (C=O) groups is 1. The number of amides is 1. The Morgan fingerprint density at radius 2 is 1.05 bits per heavy atom. The SMILES string of the molecule is CC/C=C\C/C=C\C/C=C\CCCCCC(=O)NC(COP(=O)([O-])OCC[N+](C)(C)C)C(O)CCCCCCCCCCCCCCCCCCCCCCCCC. The van der Waals surface area contributed by atoms with Gasteiger partial charge in [-0.05, 0) is 44.9 Å². The fourth-order valence-corrected chi connectivity index (χ4v) is 7.78. The number of aliphatic hydroxyl groups excluding tert-OH is 1. The molecule has 58 heavy (non-hydrogen) atoms. The molecule has 0 rings (SSSR count). The van der Waals surface area contributed by atoms with Gasteiger partial charge in [-0.25, -0.2) is 0 Å². The Labute approximate surface area is 359 Å². The van der Waals surface area contributed by atoms with Gasteiger partial charge in [0.05, 0.1) is 39.9 Å². The lowest BCUT2D eigenvalue weighted by Crippen LogP contribution is -2.46. The highest BCUT2D eigenvalue weighted by molar-refractivity contribution is 7.45. The lowest BCUT2D eigenvalue weighted by molar-refractivity contribution is -0.870. The molecule has 0 aromatic carbocycles. The molecule has 3 atom stereocenters. The number of aliphatic hydroxyl groups is 1. The quantitative estimate of drug-likeness (QED) is 0.0274. The van der Waals surface area contributed by atoms with E-state index in [1.807, 2.05) is 21.1 Å². The zero-order valence-electron chi connectivity index (χ0n) is 38.8. The molecule has 0 bridgehead atoms. The third-order valence-electron chi connectivity index (χ3n) is 10.9. The number of rotatable bonds is 44. The molecule has 0 aromatic heterocycles. The molecule has 0 aromatic rings. The fraction of sp³-hybridized carbons (Fsp3) is 0.857. The van der Waals surface area contributed by atoms with Crippen molar-refractivity contribution in [3.05, 3.63) is 36.5 Å². The van der Waals surface area contributed by atoms with Gasteiger partial charge in [0, 0.05) is 6.42 Å². The van der Waals surface area contributed by atoms with Crippen molar-refractivity contribution < 1.29 is 32.9 Å². The summed E-state index contributed by atoms with van der Waals surface area (Å²) in [5.41, 5.74) is 0. The van der Waals surface area contributed by atoms with Gasteiger partial charge >= 0.3 is 0 Å². The van der Waals surface area contributed by atoms with Crippen molar-refractivity contribution in [1.82, 2.24) is 5.32 Å². The summed E-state index contributed by atoms with van der Waals surface area (Å²) in [4.78, 5) is 25.3. The molecule has 3 unspecified atom stereocenters. The number of phosphoric acid groups is 1. The van der Waals surface area contributed by atoms with Gasteiger partial charge in [-0.1, -0.05) is 204 Å². The Balaban J connectivity index is 4.24. The van der Waals surface area contributed by atoms with Crippen LogP contribution in [0.3, 0.4) is 0 Å². The van der Waals surface area contributed by atoms with Crippen molar-refractivity contribution in [3.8, 4) is 0 Å². The summed E-state index contributed by atoms with van der Waals surface area (Å²) in [5, 5.41) is 13.9. The van der Waals surface area contributed by atoms with Gasteiger partial charge in [-0.2, -0.15) is 0 Å². The van der Waals surface area contributed by atoms with Gasteiger partial charge in [0.2, 0.25) is 5.91 Å². The molecule has 9 heteroatoms. The summed E-state index contributed by atoms with van der Waals surface area (Å²) in [6.07, 6.45) is 50.2. The maximum Gasteiger partial charge on any atom is 0.268 e. The highest BCUT2D eigenvalue weighted by atomic mass is 31.2. The average Bonchev–Trinajstić information content (AvgIpc) is 3.17. The second-order valence-electron chi connectivity index (χ2n) is 17.8. The molecule has 342 valence electrons. The first kappa shape index (κ1) is 56.7. The van der Waals surface area contributed by atoms with Crippen LogP contribution >= 0.6 is 7.82 Å². The van der Waals surface area contributed by atoms with E-state index in [1.165, 1.54) is 128 Å². The van der Waals surface area contributed by atoms with Gasteiger partial charge in [0.25, 0.3) is 7.82 Å². The molecule has 1 amide bonds. The van der Waals surface area contributed by atoms with Crippen LogP contribution in [0.1, 0.15) is 219 Å². The van der Waals surface area contributed by atoms with Crippen molar-refractivity contribution in [1.29, 1.82) is 0 Å². The Bertz CT molecular complexity index is 1040. The monoisotopic (exact) mass is 839 g/mol. The summed E-state index contributed by atoms with van der Waals surface area (Å²) in [6.45, 7) is 4.59. The molecule has 0 aliphatic rings.